The summed E-state index contributed by atoms with van der Waals surface area (Å²) in [6, 6.07) is 11.9. The van der Waals surface area contributed by atoms with E-state index in [-0.39, 0.29) is 17.5 Å². The molecule has 104 valence electrons. The quantitative estimate of drug-likeness (QED) is 0.842. The molecule has 21 heavy (non-hydrogen) atoms. The van der Waals surface area contributed by atoms with Gasteiger partial charge in [0.05, 0.1) is 11.6 Å². The predicted octanol–water partition coefficient (Wildman–Crippen LogP) is 3.60. The molecule has 0 spiro atoms. The third kappa shape index (κ3) is 2.34. The lowest BCUT2D eigenvalue weighted by atomic mass is 9.95. The van der Waals surface area contributed by atoms with E-state index < -0.39 is 0 Å². The van der Waals surface area contributed by atoms with Crippen LogP contribution in [0.2, 0.25) is 0 Å². The summed E-state index contributed by atoms with van der Waals surface area (Å²) in [7, 11) is 0. The molecule has 1 atom stereocenters. The molecule has 1 unspecified atom stereocenters. The summed E-state index contributed by atoms with van der Waals surface area (Å²) in [5, 5.41) is 9.07. The second-order valence-corrected chi connectivity index (χ2v) is 5.47. The van der Waals surface area contributed by atoms with Gasteiger partial charge < -0.3 is 0 Å². The fourth-order valence-corrected chi connectivity index (χ4v) is 3.00. The highest BCUT2D eigenvalue weighted by Gasteiger charge is 2.32. The zero-order valence-corrected chi connectivity index (χ0v) is 11.7. The number of hydrogen-bond acceptors (Lipinski definition) is 2. The van der Waals surface area contributed by atoms with Crippen LogP contribution in [0.4, 0.5) is 4.39 Å². The Morgan fingerprint density at radius 3 is 2.62 bits per heavy atom. The molecular formula is C18H14FNO. The van der Waals surface area contributed by atoms with Crippen LogP contribution in [0, 0.1) is 30.0 Å². The summed E-state index contributed by atoms with van der Waals surface area (Å²) in [5.41, 5.74) is 4.22. The third-order valence-electron chi connectivity index (χ3n) is 4.20. The van der Waals surface area contributed by atoms with Crippen molar-refractivity contribution in [1.82, 2.24) is 0 Å². The lowest BCUT2D eigenvalue weighted by Crippen LogP contribution is -2.12. The van der Waals surface area contributed by atoms with Gasteiger partial charge in [-0.15, -0.1) is 0 Å². The molecule has 0 amide bonds. The number of halogens is 1. The second kappa shape index (κ2) is 5.14. The number of carbonyl (C=O) groups excluding carboxylic acids is 1. The van der Waals surface area contributed by atoms with Crippen LogP contribution in [0.15, 0.2) is 36.4 Å². The number of benzene rings is 2. The SMILES string of the molecule is Cc1c(C#N)ccc2c1CC(Cc1ccc(F)cc1)C2=O. The Hall–Kier alpha value is -2.47. The summed E-state index contributed by atoms with van der Waals surface area (Å²) >= 11 is 0. The number of rotatable bonds is 2. The minimum absolute atomic E-state index is 0.113. The Labute approximate surface area is 122 Å². The normalized spacial score (nSPS) is 16.6. The van der Waals surface area contributed by atoms with Crippen LogP contribution in [0.25, 0.3) is 0 Å². The first kappa shape index (κ1) is 13.5. The maximum absolute atomic E-state index is 12.9. The first-order chi connectivity index (χ1) is 10.1. The summed E-state index contributed by atoms with van der Waals surface area (Å²) in [4.78, 5) is 12.5. The molecule has 0 saturated heterocycles. The van der Waals surface area contributed by atoms with Crippen LogP contribution in [0.1, 0.15) is 32.6 Å². The van der Waals surface area contributed by atoms with Crippen LogP contribution >= 0.6 is 0 Å². The van der Waals surface area contributed by atoms with E-state index in [1.165, 1.54) is 12.1 Å². The van der Waals surface area contributed by atoms with Crippen molar-refractivity contribution in [2.24, 2.45) is 5.92 Å². The molecule has 3 heteroatoms. The Morgan fingerprint density at radius 2 is 1.95 bits per heavy atom. The first-order valence-electron chi connectivity index (χ1n) is 6.91. The highest BCUT2D eigenvalue weighted by atomic mass is 19.1. The van der Waals surface area contributed by atoms with E-state index in [9.17, 15) is 9.18 Å². The molecule has 0 heterocycles. The number of Topliss-reactive ketones (excluding diaryl/α,β-unsaturated/α-hetero) is 1. The molecule has 0 aliphatic heterocycles. The van der Waals surface area contributed by atoms with Crippen molar-refractivity contribution in [3.05, 3.63) is 70.0 Å². The van der Waals surface area contributed by atoms with Gasteiger partial charge in [0.25, 0.3) is 0 Å². The highest BCUT2D eigenvalue weighted by molar-refractivity contribution is 6.03. The van der Waals surface area contributed by atoms with Crippen LogP contribution in [-0.4, -0.2) is 5.78 Å². The average Bonchev–Trinajstić information content (AvgIpc) is 2.80. The second-order valence-electron chi connectivity index (χ2n) is 5.47. The highest BCUT2D eigenvalue weighted by Crippen LogP contribution is 2.32. The molecule has 0 N–H and O–H groups in total. The van der Waals surface area contributed by atoms with E-state index in [4.69, 9.17) is 5.26 Å². The lowest BCUT2D eigenvalue weighted by molar-refractivity contribution is 0.0936. The van der Waals surface area contributed by atoms with E-state index in [2.05, 4.69) is 6.07 Å². The molecule has 0 aromatic heterocycles. The minimum Gasteiger partial charge on any atom is -0.294 e. The van der Waals surface area contributed by atoms with Gasteiger partial charge in [0.1, 0.15) is 5.82 Å². The maximum Gasteiger partial charge on any atom is 0.166 e. The summed E-state index contributed by atoms with van der Waals surface area (Å²) in [5.74, 6) is -0.255. The summed E-state index contributed by atoms with van der Waals surface area (Å²) in [6.07, 6.45) is 1.27. The summed E-state index contributed by atoms with van der Waals surface area (Å²) in [6.45, 7) is 1.89. The molecule has 3 rings (SSSR count). The van der Waals surface area contributed by atoms with E-state index in [1.807, 2.05) is 6.92 Å². The van der Waals surface area contributed by atoms with Crippen molar-refractivity contribution in [1.29, 1.82) is 5.26 Å². The molecule has 2 aromatic rings. The topological polar surface area (TPSA) is 40.9 Å². The van der Waals surface area contributed by atoms with Crippen molar-refractivity contribution in [3.63, 3.8) is 0 Å². The molecule has 0 radical (unpaired) electrons. The van der Waals surface area contributed by atoms with Crippen molar-refractivity contribution >= 4 is 5.78 Å². The van der Waals surface area contributed by atoms with Gasteiger partial charge in [0.15, 0.2) is 5.78 Å². The van der Waals surface area contributed by atoms with E-state index in [0.29, 0.717) is 18.4 Å². The predicted molar refractivity (Wildman–Crippen MR) is 77.5 cm³/mol. The fraction of sp³-hybridized carbons (Fsp3) is 0.222. The summed E-state index contributed by atoms with van der Waals surface area (Å²) < 4.78 is 12.9. The van der Waals surface area contributed by atoms with E-state index in [0.717, 1.165) is 22.3 Å². The standard InChI is InChI=1S/C18H14FNO/c1-11-13(10-20)4-7-16-17(11)9-14(18(16)21)8-12-2-5-15(19)6-3-12/h2-7,14H,8-9H2,1H3. The van der Waals surface area contributed by atoms with Crippen molar-refractivity contribution < 1.29 is 9.18 Å². The molecule has 0 saturated carbocycles. The number of nitriles is 1. The maximum atomic E-state index is 12.9. The Bertz CT molecular complexity index is 756. The Morgan fingerprint density at radius 1 is 1.24 bits per heavy atom. The van der Waals surface area contributed by atoms with Crippen molar-refractivity contribution in [2.75, 3.05) is 0 Å². The monoisotopic (exact) mass is 279 g/mol. The van der Waals surface area contributed by atoms with E-state index in [1.54, 1.807) is 24.3 Å². The third-order valence-corrected chi connectivity index (χ3v) is 4.20. The van der Waals surface area contributed by atoms with Crippen LogP contribution in [-0.2, 0) is 12.8 Å². The first-order valence-corrected chi connectivity index (χ1v) is 6.91. The number of ketones is 1. The van der Waals surface area contributed by atoms with Gasteiger partial charge in [-0.05, 0) is 60.7 Å². The number of carbonyl (C=O) groups is 1. The van der Waals surface area contributed by atoms with Gasteiger partial charge in [-0.2, -0.15) is 5.26 Å². The molecule has 1 aliphatic rings. The van der Waals surface area contributed by atoms with Gasteiger partial charge in [0, 0.05) is 11.5 Å². The van der Waals surface area contributed by atoms with Gasteiger partial charge >= 0.3 is 0 Å². The zero-order chi connectivity index (χ0) is 15.0. The molecule has 0 bridgehead atoms. The van der Waals surface area contributed by atoms with Gasteiger partial charge in [-0.1, -0.05) is 12.1 Å². The largest absolute Gasteiger partial charge is 0.294 e. The molecule has 2 aromatic carbocycles. The van der Waals surface area contributed by atoms with Gasteiger partial charge in [0.2, 0.25) is 0 Å². The number of hydrogen-bond donors (Lipinski definition) is 0. The van der Waals surface area contributed by atoms with Crippen LogP contribution in [0.5, 0.6) is 0 Å². The minimum atomic E-state index is -0.269. The van der Waals surface area contributed by atoms with Crippen LogP contribution in [0.3, 0.4) is 0 Å². The smallest absolute Gasteiger partial charge is 0.166 e. The molecule has 1 aliphatic carbocycles. The zero-order valence-electron chi connectivity index (χ0n) is 11.7. The van der Waals surface area contributed by atoms with Gasteiger partial charge in [-0.25, -0.2) is 4.39 Å². The van der Waals surface area contributed by atoms with Crippen molar-refractivity contribution in [2.45, 2.75) is 19.8 Å². The number of fused-ring (bicyclic) bond motifs is 1. The molecule has 2 nitrogen and oxygen atoms in total. The van der Waals surface area contributed by atoms with E-state index >= 15 is 0 Å². The molecular weight excluding hydrogens is 265 g/mol. The molecule has 0 fully saturated rings. The fourth-order valence-electron chi connectivity index (χ4n) is 3.00. The lowest BCUT2D eigenvalue weighted by Gasteiger charge is -2.08. The van der Waals surface area contributed by atoms with Gasteiger partial charge in [-0.3, -0.25) is 4.79 Å². The Balaban J connectivity index is 1.88. The number of nitrogens with zero attached hydrogens (tertiary/aromatic N) is 1. The van der Waals surface area contributed by atoms with Crippen molar-refractivity contribution in [3.8, 4) is 6.07 Å². The Kier molecular flexibility index (Phi) is 3.31. The van der Waals surface area contributed by atoms with Crippen LogP contribution < -0.4 is 0 Å². The average molecular weight is 279 g/mol.